The van der Waals surface area contributed by atoms with Crippen LogP contribution in [0.3, 0.4) is 0 Å². The molecule has 2 aromatic heterocycles. The van der Waals surface area contributed by atoms with E-state index in [4.69, 9.17) is 16.3 Å². The highest BCUT2D eigenvalue weighted by Gasteiger charge is 2.31. The van der Waals surface area contributed by atoms with E-state index < -0.39 is 11.7 Å². The first-order valence-electron chi connectivity index (χ1n) is 9.81. The van der Waals surface area contributed by atoms with Crippen molar-refractivity contribution >= 4 is 33.4 Å². The molecule has 2 heterocycles. The first-order chi connectivity index (χ1) is 15.8. The van der Waals surface area contributed by atoms with Gasteiger partial charge in [-0.05, 0) is 60.2 Å². The summed E-state index contributed by atoms with van der Waals surface area (Å²) < 4.78 is 60.2. The Morgan fingerprint density at radius 2 is 1.64 bits per heavy atom. The Balaban J connectivity index is 1.66. The van der Waals surface area contributed by atoms with E-state index in [-0.39, 0.29) is 17.9 Å². The largest absolute Gasteiger partial charge is 0.472 e. The quantitative estimate of drug-likeness (QED) is 0.266. The van der Waals surface area contributed by atoms with Crippen LogP contribution in [0, 0.1) is 5.82 Å². The number of hydrogen-bond acceptors (Lipinski definition) is 3. The Hall–Kier alpha value is -3.65. The van der Waals surface area contributed by atoms with Crippen molar-refractivity contribution < 1.29 is 22.3 Å². The van der Waals surface area contributed by atoms with Gasteiger partial charge in [0.05, 0.1) is 22.2 Å². The van der Waals surface area contributed by atoms with Crippen molar-refractivity contribution in [1.29, 1.82) is 0 Å². The van der Waals surface area contributed by atoms with Crippen molar-refractivity contribution in [1.82, 2.24) is 14.8 Å². The summed E-state index contributed by atoms with van der Waals surface area (Å²) in [5.74, 6) is -0.00440. The van der Waals surface area contributed by atoms with Crippen LogP contribution in [0.15, 0.2) is 72.9 Å². The SMILES string of the molecule is Fc1ccc(COc2c3cnc4cc(C(F)(F)F)ccc4c3nn2-c2ccc(Cl)cc2)cc1. The summed E-state index contributed by atoms with van der Waals surface area (Å²) in [5.41, 5.74) is 1.20. The number of ether oxygens (including phenoxy) is 1. The molecule has 0 spiro atoms. The van der Waals surface area contributed by atoms with Crippen LogP contribution in [0.1, 0.15) is 11.1 Å². The van der Waals surface area contributed by atoms with Crippen LogP contribution in [-0.2, 0) is 12.8 Å². The van der Waals surface area contributed by atoms with Crippen LogP contribution in [0.2, 0.25) is 5.02 Å². The number of rotatable bonds is 4. The monoisotopic (exact) mass is 471 g/mol. The minimum atomic E-state index is -4.48. The van der Waals surface area contributed by atoms with E-state index in [2.05, 4.69) is 10.1 Å². The highest BCUT2D eigenvalue weighted by molar-refractivity contribution is 6.30. The van der Waals surface area contributed by atoms with Gasteiger partial charge in [0.1, 0.15) is 17.9 Å². The lowest BCUT2D eigenvalue weighted by molar-refractivity contribution is -0.137. The topological polar surface area (TPSA) is 39.9 Å². The molecule has 3 aromatic carbocycles. The van der Waals surface area contributed by atoms with Crippen molar-refractivity contribution in [2.75, 3.05) is 0 Å². The molecule has 5 rings (SSSR count). The Kier molecular flexibility index (Phi) is 5.17. The van der Waals surface area contributed by atoms with Crippen molar-refractivity contribution in [2.24, 2.45) is 0 Å². The third kappa shape index (κ3) is 4.09. The maximum Gasteiger partial charge on any atom is 0.416 e. The van der Waals surface area contributed by atoms with E-state index in [1.807, 2.05) is 0 Å². The first kappa shape index (κ1) is 21.2. The maximum absolute atomic E-state index is 13.2. The second-order valence-electron chi connectivity index (χ2n) is 7.36. The minimum Gasteiger partial charge on any atom is -0.472 e. The molecule has 0 aliphatic carbocycles. The molecule has 0 aliphatic heterocycles. The number of hydrogen-bond donors (Lipinski definition) is 0. The minimum absolute atomic E-state index is 0.125. The molecule has 5 aromatic rings. The van der Waals surface area contributed by atoms with Crippen LogP contribution >= 0.6 is 11.6 Å². The molecule has 4 nitrogen and oxygen atoms in total. The maximum atomic E-state index is 13.2. The molecule has 0 saturated carbocycles. The predicted octanol–water partition coefficient (Wildman–Crippen LogP) is 6.96. The van der Waals surface area contributed by atoms with Crippen molar-refractivity contribution in [3.63, 3.8) is 0 Å². The summed E-state index contributed by atoms with van der Waals surface area (Å²) in [4.78, 5) is 4.23. The number of fused-ring (bicyclic) bond motifs is 3. The number of halogens is 5. The van der Waals surface area contributed by atoms with Gasteiger partial charge >= 0.3 is 6.18 Å². The molecule has 0 fully saturated rings. The Morgan fingerprint density at radius 1 is 0.909 bits per heavy atom. The Morgan fingerprint density at radius 3 is 2.33 bits per heavy atom. The van der Waals surface area contributed by atoms with Gasteiger partial charge in [-0.25, -0.2) is 4.39 Å². The number of aromatic nitrogens is 3. The molecule has 0 radical (unpaired) electrons. The normalized spacial score (nSPS) is 11.9. The van der Waals surface area contributed by atoms with Gasteiger partial charge in [-0.3, -0.25) is 4.98 Å². The lowest BCUT2D eigenvalue weighted by Gasteiger charge is -2.10. The van der Waals surface area contributed by atoms with Crippen LogP contribution in [0.25, 0.3) is 27.5 Å². The summed E-state index contributed by atoms with van der Waals surface area (Å²) in [6, 6.07) is 16.1. The molecule has 0 unspecified atom stereocenters. The fourth-order valence-electron chi connectivity index (χ4n) is 3.51. The summed E-state index contributed by atoms with van der Waals surface area (Å²) in [6.07, 6.45) is -3.03. The van der Waals surface area contributed by atoms with Gasteiger partial charge in [0.2, 0.25) is 5.88 Å². The molecule has 33 heavy (non-hydrogen) atoms. The number of pyridine rings is 1. The summed E-state index contributed by atoms with van der Waals surface area (Å²) in [6.45, 7) is 0.125. The molecule has 166 valence electrons. The van der Waals surface area contributed by atoms with Crippen molar-refractivity contribution in [3.8, 4) is 11.6 Å². The summed E-state index contributed by atoms with van der Waals surface area (Å²) in [5, 5.41) is 6.15. The fourth-order valence-corrected chi connectivity index (χ4v) is 3.63. The fraction of sp³-hybridized carbons (Fsp3) is 0.0833. The van der Waals surface area contributed by atoms with E-state index >= 15 is 0 Å². The molecule has 0 bridgehead atoms. The zero-order valence-electron chi connectivity index (χ0n) is 16.8. The van der Waals surface area contributed by atoms with Crippen LogP contribution in [-0.4, -0.2) is 14.8 Å². The van der Waals surface area contributed by atoms with E-state index in [1.165, 1.54) is 24.4 Å². The first-order valence-corrected chi connectivity index (χ1v) is 10.2. The van der Waals surface area contributed by atoms with E-state index in [0.717, 1.165) is 17.7 Å². The van der Waals surface area contributed by atoms with Gasteiger partial charge in [-0.15, -0.1) is 0 Å². The van der Waals surface area contributed by atoms with Gasteiger partial charge in [0.15, 0.2) is 0 Å². The Labute approximate surface area is 190 Å². The van der Waals surface area contributed by atoms with Crippen LogP contribution in [0.4, 0.5) is 17.6 Å². The van der Waals surface area contributed by atoms with Crippen LogP contribution in [0.5, 0.6) is 5.88 Å². The molecular formula is C24H14ClF4N3O. The smallest absolute Gasteiger partial charge is 0.416 e. The van der Waals surface area contributed by atoms with Gasteiger partial charge in [-0.1, -0.05) is 23.7 Å². The van der Waals surface area contributed by atoms with E-state index in [1.54, 1.807) is 41.1 Å². The highest BCUT2D eigenvalue weighted by atomic mass is 35.5. The highest BCUT2D eigenvalue weighted by Crippen LogP contribution is 2.36. The van der Waals surface area contributed by atoms with Crippen LogP contribution < -0.4 is 4.74 Å². The van der Waals surface area contributed by atoms with Crippen molar-refractivity contribution in [2.45, 2.75) is 12.8 Å². The van der Waals surface area contributed by atoms with Crippen molar-refractivity contribution in [3.05, 3.63) is 94.9 Å². The van der Waals surface area contributed by atoms with Gasteiger partial charge in [-0.2, -0.15) is 23.0 Å². The standard InChI is InChI=1S/C24H14ClF4N3O/c25-16-4-8-18(9-5-16)32-23(33-13-14-1-6-17(26)7-2-14)20-12-30-21-11-15(24(27,28)29)3-10-19(21)22(20)31-32/h1-12H,13H2. The summed E-state index contributed by atoms with van der Waals surface area (Å²) >= 11 is 6.01. The molecule has 0 amide bonds. The lowest BCUT2D eigenvalue weighted by atomic mass is 10.1. The second kappa shape index (κ2) is 8.04. The lowest BCUT2D eigenvalue weighted by Crippen LogP contribution is -2.04. The van der Waals surface area contributed by atoms with Gasteiger partial charge in [0.25, 0.3) is 0 Å². The third-order valence-electron chi connectivity index (χ3n) is 5.15. The molecule has 0 saturated heterocycles. The van der Waals surface area contributed by atoms with Gasteiger partial charge in [0, 0.05) is 16.6 Å². The van der Waals surface area contributed by atoms with E-state index in [9.17, 15) is 17.6 Å². The molecular weight excluding hydrogens is 458 g/mol. The summed E-state index contributed by atoms with van der Waals surface area (Å²) in [7, 11) is 0. The zero-order chi connectivity index (χ0) is 23.2. The third-order valence-corrected chi connectivity index (χ3v) is 5.40. The molecule has 0 N–H and O–H groups in total. The predicted molar refractivity (Wildman–Crippen MR) is 117 cm³/mol. The second-order valence-corrected chi connectivity index (χ2v) is 7.80. The Bertz CT molecular complexity index is 1460. The average Bonchev–Trinajstić information content (AvgIpc) is 3.17. The molecule has 0 aliphatic rings. The number of alkyl halides is 3. The van der Waals surface area contributed by atoms with Gasteiger partial charge < -0.3 is 4.74 Å². The number of benzene rings is 3. The zero-order valence-corrected chi connectivity index (χ0v) is 17.5. The number of nitrogens with zero attached hydrogens (tertiary/aromatic N) is 3. The van der Waals surface area contributed by atoms with E-state index in [0.29, 0.717) is 32.9 Å². The molecule has 0 atom stereocenters. The molecule has 9 heteroatoms. The average molecular weight is 472 g/mol.